The van der Waals surface area contributed by atoms with E-state index in [-0.39, 0.29) is 0 Å². The molecule has 0 aliphatic rings. The minimum atomic E-state index is -0.429. The number of hydrogen-bond acceptors (Lipinski definition) is 10. The maximum atomic E-state index is 14.8. The standard InChI is InChI=1S/C70H116N2O10/c1-9-15-21-27-33-39-45-77-63-51-57(52-64(78-46-40-34-28-22-16-10-2)67(63)81-49-43-37-31-25-19-13-5)69(73)71-59-55-61(75-7)62(76-8)56-60(59)72-70(74)58-53-65(79-47-41-35-29-23-17-11-3)68(82-50-44-38-32-26-20-14-6)66(54-58)80-48-42-36-30-24-18-12-4/h51-56H,9-50H2,1-8H3,(H,71,73)(H,72,74). The molecule has 0 spiro atoms. The maximum absolute atomic E-state index is 14.8. The number of methoxy groups -OCH3 is 2. The van der Waals surface area contributed by atoms with Gasteiger partial charge in [0, 0.05) is 23.3 Å². The predicted molar refractivity (Wildman–Crippen MR) is 342 cm³/mol. The molecule has 3 aromatic rings. The van der Waals surface area contributed by atoms with E-state index in [9.17, 15) is 9.59 Å². The highest BCUT2D eigenvalue weighted by atomic mass is 16.6. The molecular formula is C70H116N2O10. The molecule has 0 aliphatic heterocycles. The summed E-state index contributed by atoms with van der Waals surface area (Å²) in [6, 6.07) is 10.4. The van der Waals surface area contributed by atoms with Crippen LogP contribution in [0, 0.1) is 0 Å². The number of unbranched alkanes of at least 4 members (excludes halogenated alkanes) is 30. The lowest BCUT2D eigenvalue weighted by atomic mass is 10.1. The number of anilines is 2. The van der Waals surface area contributed by atoms with Crippen LogP contribution in [0.5, 0.6) is 46.0 Å². The maximum Gasteiger partial charge on any atom is 0.256 e. The van der Waals surface area contributed by atoms with Crippen molar-refractivity contribution in [3.8, 4) is 46.0 Å². The molecule has 3 rings (SSSR count). The highest BCUT2D eigenvalue weighted by molar-refractivity contribution is 6.11. The van der Waals surface area contributed by atoms with Crippen molar-refractivity contribution in [2.45, 2.75) is 273 Å². The van der Waals surface area contributed by atoms with Crippen molar-refractivity contribution < 1.29 is 47.5 Å². The fourth-order valence-electron chi connectivity index (χ4n) is 9.97. The minimum absolute atomic E-state index is 0.307. The molecule has 3 aromatic carbocycles. The van der Waals surface area contributed by atoms with Crippen LogP contribution in [0.25, 0.3) is 0 Å². The first kappa shape index (κ1) is 71.3. The highest BCUT2D eigenvalue weighted by Gasteiger charge is 2.24. The van der Waals surface area contributed by atoms with Crippen LogP contribution in [0.2, 0.25) is 0 Å². The quantitative estimate of drug-likeness (QED) is 0.0527. The second-order valence-electron chi connectivity index (χ2n) is 22.5. The van der Waals surface area contributed by atoms with Gasteiger partial charge < -0.3 is 48.5 Å². The van der Waals surface area contributed by atoms with Crippen molar-refractivity contribution in [2.75, 3.05) is 64.5 Å². The first-order valence-corrected chi connectivity index (χ1v) is 33.3. The Balaban J connectivity index is 2.08. The van der Waals surface area contributed by atoms with Crippen LogP contribution in [0.3, 0.4) is 0 Å². The number of ether oxygens (including phenoxy) is 8. The average Bonchev–Trinajstić information content (AvgIpc) is 3.69. The van der Waals surface area contributed by atoms with Gasteiger partial charge in [-0.2, -0.15) is 0 Å². The zero-order valence-corrected chi connectivity index (χ0v) is 53.2. The van der Waals surface area contributed by atoms with Crippen molar-refractivity contribution in [2.24, 2.45) is 0 Å². The lowest BCUT2D eigenvalue weighted by Gasteiger charge is -2.20. The van der Waals surface area contributed by atoms with Gasteiger partial charge in [0.25, 0.3) is 11.8 Å². The Kier molecular flexibility index (Phi) is 41.2. The number of carbonyl (C=O) groups excluding carboxylic acids is 2. The van der Waals surface area contributed by atoms with E-state index in [1.807, 2.05) is 0 Å². The second-order valence-corrected chi connectivity index (χ2v) is 22.5. The predicted octanol–water partition coefficient (Wildman–Crippen LogP) is 20.6. The smallest absolute Gasteiger partial charge is 0.256 e. The number of hydrogen-bond donors (Lipinski definition) is 2. The van der Waals surface area contributed by atoms with Crippen molar-refractivity contribution in [3.63, 3.8) is 0 Å². The molecular weight excluding hydrogens is 1030 g/mol. The Bertz CT molecular complexity index is 1890. The van der Waals surface area contributed by atoms with Crippen LogP contribution < -0.4 is 48.5 Å². The molecule has 0 heterocycles. The monoisotopic (exact) mass is 1140 g/mol. The third kappa shape index (κ3) is 30.0. The molecule has 0 atom stereocenters. The number of carbonyl (C=O) groups is 2. The van der Waals surface area contributed by atoms with Crippen LogP contribution in [-0.4, -0.2) is 65.7 Å². The summed E-state index contributed by atoms with van der Waals surface area (Å²) >= 11 is 0. The largest absolute Gasteiger partial charge is 0.493 e. The topological polar surface area (TPSA) is 132 Å². The first-order chi connectivity index (χ1) is 40.3. The second kappa shape index (κ2) is 47.4. The van der Waals surface area contributed by atoms with E-state index in [0.717, 1.165) is 103 Å². The summed E-state index contributed by atoms with van der Waals surface area (Å²) in [6.45, 7) is 16.3. The van der Waals surface area contributed by atoms with Gasteiger partial charge in [0.15, 0.2) is 34.5 Å². The summed E-state index contributed by atoms with van der Waals surface area (Å²) in [6.07, 6.45) is 40.5. The van der Waals surface area contributed by atoms with Gasteiger partial charge in [0.1, 0.15) is 0 Å². The Hall–Kier alpha value is -5.00. The molecule has 0 unspecified atom stereocenters. The average molecular weight is 1150 g/mol. The fourth-order valence-corrected chi connectivity index (χ4v) is 9.97. The summed E-state index contributed by atoms with van der Waals surface area (Å²) in [4.78, 5) is 29.7. The molecule has 0 bridgehead atoms. The molecule has 0 saturated heterocycles. The fraction of sp³-hybridized carbons (Fsp3) is 0.714. The number of rotatable bonds is 54. The molecule has 12 heteroatoms. The molecule has 2 N–H and O–H groups in total. The zero-order chi connectivity index (χ0) is 59.1. The van der Waals surface area contributed by atoms with Crippen molar-refractivity contribution in [3.05, 3.63) is 47.5 Å². The van der Waals surface area contributed by atoms with Gasteiger partial charge in [0.2, 0.25) is 11.5 Å². The van der Waals surface area contributed by atoms with Crippen molar-refractivity contribution in [1.29, 1.82) is 0 Å². The molecule has 2 amide bonds. The summed E-state index contributed by atoms with van der Waals surface area (Å²) in [5.41, 5.74) is 1.26. The lowest BCUT2D eigenvalue weighted by Crippen LogP contribution is -2.18. The van der Waals surface area contributed by atoms with Crippen LogP contribution in [0.1, 0.15) is 293 Å². The van der Waals surface area contributed by atoms with E-state index in [4.69, 9.17) is 37.9 Å². The highest BCUT2D eigenvalue weighted by Crippen LogP contribution is 2.43. The minimum Gasteiger partial charge on any atom is -0.493 e. The van der Waals surface area contributed by atoms with Gasteiger partial charge in [-0.15, -0.1) is 0 Å². The first-order valence-electron chi connectivity index (χ1n) is 33.3. The number of amides is 2. The van der Waals surface area contributed by atoms with E-state index >= 15 is 0 Å². The van der Waals surface area contributed by atoms with Crippen molar-refractivity contribution >= 4 is 23.2 Å². The summed E-state index contributed by atoms with van der Waals surface area (Å²) in [5, 5.41) is 6.25. The zero-order valence-electron chi connectivity index (χ0n) is 53.2. The van der Waals surface area contributed by atoms with Crippen LogP contribution in [0.15, 0.2) is 36.4 Å². The van der Waals surface area contributed by atoms with Crippen LogP contribution in [-0.2, 0) is 0 Å². The van der Waals surface area contributed by atoms with Crippen LogP contribution >= 0.6 is 0 Å². The molecule has 12 nitrogen and oxygen atoms in total. The molecule has 82 heavy (non-hydrogen) atoms. The van der Waals surface area contributed by atoms with E-state index in [1.54, 1.807) is 50.6 Å². The van der Waals surface area contributed by atoms with E-state index in [1.165, 1.54) is 128 Å². The molecule has 0 fully saturated rings. The lowest BCUT2D eigenvalue weighted by molar-refractivity contribution is 0.101. The Labute approximate surface area is 499 Å². The molecule has 0 saturated carbocycles. The Morgan fingerprint density at radius 3 is 0.707 bits per heavy atom. The molecule has 0 aliphatic carbocycles. The summed E-state index contributed by atoms with van der Waals surface area (Å²) in [7, 11) is 3.09. The van der Waals surface area contributed by atoms with Gasteiger partial charge in [-0.3, -0.25) is 9.59 Å². The van der Waals surface area contributed by atoms with E-state index in [2.05, 4.69) is 52.2 Å². The third-order valence-corrected chi connectivity index (χ3v) is 15.1. The van der Waals surface area contributed by atoms with Gasteiger partial charge >= 0.3 is 0 Å². The SMILES string of the molecule is CCCCCCCCOc1cc(C(=O)Nc2cc(OC)c(OC)cc2NC(=O)c2cc(OCCCCCCCC)c(OCCCCCCCC)c(OCCCCCCCC)c2)cc(OCCCCCCCC)c1OCCCCCCCC. The summed E-state index contributed by atoms with van der Waals surface area (Å²) < 4.78 is 51.0. The molecule has 0 radical (unpaired) electrons. The normalized spacial score (nSPS) is 11.1. The Morgan fingerprint density at radius 1 is 0.280 bits per heavy atom. The molecule has 0 aromatic heterocycles. The van der Waals surface area contributed by atoms with E-state index in [0.29, 0.717) is 108 Å². The third-order valence-electron chi connectivity index (χ3n) is 15.1. The van der Waals surface area contributed by atoms with Gasteiger partial charge in [0.05, 0.1) is 65.2 Å². The Morgan fingerprint density at radius 2 is 0.488 bits per heavy atom. The van der Waals surface area contributed by atoms with Crippen LogP contribution in [0.4, 0.5) is 11.4 Å². The molecule has 466 valence electrons. The van der Waals surface area contributed by atoms with Gasteiger partial charge in [-0.1, -0.05) is 234 Å². The number of benzene rings is 3. The van der Waals surface area contributed by atoms with Crippen molar-refractivity contribution in [1.82, 2.24) is 0 Å². The van der Waals surface area contributed by atoms with E-state index < -0.39 is 11.8 Å². The number of nitrogens with one attached hydrogen (secondary N) is 2. The van der Waals surface area contributed by atoms with Gasteiger partial charge in [-0.25, -0.2) is 0 Å². The summed E-state index contributed by atoms with van der Waals surface area (Å²) in [5.74, 6) is 2.89. The van der Waals surface area contributed by atoms with Gasteiger partial charge in [-0.05, 0) is 62.8 Å².